The van der Waals surface area contributed by atoms with Crippen LogP contribution in [0, 0.1) is 0 Å². The zero-order valence-electron chi connectivity index (χ0n) is 5.46. The highest BCUT2D eigenvalue weighted by atomic mass is 79.9. The van der Waals surface area contributed by atoms with E-state index in [0.717, 1.165) is 9.99 Å². The van der Waals surface area contributed by atoms with Crippen molar-refractivity contribution in [2.45, 2.75) is 0 Å². The maximum absolute atomic E-state index is 5.69. The maximum atomic E-state index is 5.69. The smallest absolute Gasteiger partial charge is 0.152 e. The van der Waals surface area contributed by atoms with Gasteiger partial charge in [0, 0.05) is 16.7 Å². The third-order valence-electron chi connectivity index (χ3n) is 1.39. The van der Waals surface area contributed by atoms with Crippen LogP contribution >= 0.6 is 27.5 Å². The van der Waals surface area contributed by atoms with Gasteiger partial charge < -0.3 is 0 Å². The number of halogens is 2. The highest BCUT2D eigenvalue weighted by Gasteiger charge is 1.97. The molecule has 0 saturated heterocycles. The summed E-state index contributed by atoms with van der Waals surface area (Å²) in [5.74, 6) is 0. The highest BCUT2D eigenvalue weighted by molar-refractivity contribution is 9.10. The number of fused-ring (bicyclic) bond motifs is 1. The summed E-state index contributed by atoms with van der Waals surface area (Å²) in [6.45, 7) is 0. The predicted octanol–water partition coefficient (Wildman–Crippen LogP) is 2.75. The summed E-state index contributed by atoms with van der Waals surface area (Å²) in [6, 6.07) is 5.71. The van der Waals surface area contributed by atoms with Crippen molar-refractivity contribution >= 4 is 33.0 Å². The molecule has 0 radical (unpaired) electrons. The summed E-state index contributed by atoms with van der Waals surface area (Å²) in [4.78, 5) is 0. The van der Waals surface area contributed by atoms with E-state index < -0.39 is 0 Å². The van der Waals surface area contributed by atoms with Gasteiger partial charge in [-0.3, -0.25) is 0 Å². The van der Waals surface area contributed by atoms with Crippen molar-refractivity contribution in [1.82, 2.24) is 9.61 Å². The number of pyridine rings is 1. The van der Waals surface area contributed by atoms with Crippen molar-refractivity contribution in [3.05, 3.63) is 34.0 Å². The molecule has 0 spiro atoms. The van der Waals surface area contributed by atoms with Gasteiger partial charge >= 0.3 is 0 Å². The van der Waals surface area contributed by atoms with Gasteiger partial charge in [-0.2, -0.15) is 5.10 Å². The Morgan fingerprint density at radius 1 is 1.45 bits per heavy atom. The monoisotopic (exact) mass is 230 g/mol. The molecule has 11 heavy (non-hydrogen) atoms. The van der Waals surface area contributed by atoms with Crippen LogP contribution in [0.2, 0.25) is 5.15 Å². The first-order chi connectivity index (χ1) is 5.25. The fourth-order valence-electron chi connectivity index (χ4n) is 0.930. The molecule has 0 aliphatic rings. The van der Waals surface area contributed by atoms with Crippen molar-refractivity contribution in [3.8, 4) is 0 Å². The molecule has 0 fully saturated rings. The summed E-state index contributed by atoms with van der Waals surface area (Å²) in [6.07, 6.45) is 1.86. The van der Waals surface area contributed by atoms with Gasteiger partial charge in [-0.05, 0) is 28.1 Å². The van der Waals surface area contributed by atoms with E-state index in [-0.39, 0.29) is 0 Å². The van der Waals surface area contributed by atoms with E-state index in [1.54, 1.807) is 4.52 Å². The molecule has 2 heterocycles. The third-order valence-corrected chi connectivity index (χ3v) is 2.05. The lowest BCUT2D eigenvalue weighted by Crippen LogP contribution is -1.84. The molecule has 0 bridgehead atoms. The van der Waals surface area contributed by atoms with E-state index in [1.807, 2.05) is 24.4 Å². The quantitative estimate of drug-likeness (QED) is 0.681. The molecule has 0 aliphatic carbocycles. The fourth-order valence-corrected chi connectivity index (χ4v) is 1.45. The van der Waals surface area contributed by atoms with E-state index in [1.165, 1.54) is 0 Å². The largest absolute Gasteiger partial charge is 0.238 e. The van der Waals surface area contributed by atoms with Gasteiger partial charge in [-0.15, -0.1) is 0 Å². The van der Waals surface area contributed by atoms with Gasteiger partial charge in [0.1, 0.15) is 0 Å². The summed E-state index contributed by atoms with van der Waals surface area (Å²) in [5, 5.41) is 4.54. The molecule has 0 unspecified atom stereocenters. The first-order valence-corrected chi connectivity index (χ1v) is 4.23. The van der Waals surface area contributed by atoms with Gasteiger partial charge in [-0.1, -0.05) is 11.6 Å². The second-order valence-corrected chi connectivity index (χ2v) is 3.49. The topological polar surface area (TPSA) is 17.3 Å². The van der Waals surface area contributed by atoms with Crippen LogP contribution in [-0.4, -0.2) is 9.61 Å². The van der Waals surface area contributed by atoms with Gasteiger partial charge in [0.05, 0.1) is 5.52 Å². The van der Waals surface area contributed by atoms with Gasteiger partial charge in [-0.25, -0.2) is 4.52 Å². The lowest BCUT2D eigenvalue weighted by Gasteiger charge is -1.91. The summed E-state index contributed by atoms with van der Waals surface area (Å²) >= 11 is 9.03. The Morgan fingerprint density at radius 2 is 2.27 bits per heavy atom. The van der Waals surface area contributed by atoms with Crippen LogP contribution in [0.25, 0.3) is 5.52 Å². The minimum absolute atomic E-state index is 0.517. The lowest BCUT2D eigenvalue weighted by molar-refractivity contribution is 0.957. The van der Waals surface area contributed by atoms with Crippen molar-refractivity contribution in [2.24, 2.45) is 0 Å². The first kappa shape index (κ1) is 7.13. The van der Waals surface area contributed by atoms with E-state index >= 15 is 0 Å². The van der Waals surface area contributed by atoms with Crippen LogP contribution in [-0.2, 0) is 0 Å². The highest BCUT2D eigenvalue weighted by Crippen LogP contribution is 2.14. The van der Waals surface area contributed by atoms with E-state index in [9.17, 15) is 0 Å². The number of aromatic nitrogens is 2. The lowest BCUT2D eigenvalue weighted by atomic mass is 10.4. The van der Waals surface area contributed by atoms with Crippen LogP contribution < -0.4 is 0 Å². The number of hydrogen-bond acceptors (Lipinski definition) is 1. The standard InChI is InChI=1S/C7H4BrClN2/c8-5-1-2-6-3-7(9)10-11(6)4-5/h1-4H. The molecule has 4 heteroatoms. The summed E-state index contributed by atoms with van der Waals surface area (Å²) in [7, 11) is 0. The fraction of sp³-hybridized carbons (Fsp3) is 0. The number of rotatable bonds is 0. The molecule has 2 aromatic heterocycles. The Kier molecular flexibility index (Phi) is 1.62. The van der Waals surface area contributed by atoms with Crippen molar-refractivity contribution in [1.29, 1.82) is 0 Å². The Hall–Kier alpha value is -0.540. The molecular weight excluding hydrogens is 227 g/mol. The van der Waals surface area contributed by atoms with E-state index in [2.05, 4.69) is 21.0 Å². The molecule has 2 nitrogen and oxygen atoms in total. The van der Waals surface area contributed by atoms with Crippen LogP contribution in [0.15, 0.2) is 28.9 Å². The Balaban J connectivity index is 2.82. The number of nitrogens with zero attached hydrogens (tertiary/aromatic N) is 2. The second kappa shape index (κ2) is 2.50. The SMILES string of the molecule is Clc1cc2ccc(Br)cn2n1. The second-order valence-electron chi connectivity index (χ2n) is 2.18. The van der Waals surface area contributed by atoms with Crippen molar-refractivity contribution < 1.29 is 0 Å². The molecule has 0 amide bonds. The minimum Gasteiger partial charge on any atom is -0.238 e. The average Bonchev–Trinajstić information content (AvgIpc) is 2.27. The molecule has 0 atom stereocenters. The minimum atomic E-state index is 0.517. The number of hydrogen-bond donors (Lipinski definition) is 0. The van der Waals surface area contributed by atoms with E-state index in [4.69, 9.17) is 11.6 Å². The molecule has 2 aromatic rings. The Morgan fingerprint density at radius 3 is 3.09 bits per heavy atom. The summed E-state index contributed by atoms with van der Waals surface area (Å²) in [5.41, 5.74) is 0.998. The molecular formula is C7H4BrClN2. The van der Waals surface area contributed by atoms with Gasteiger partial charge in [0.2, 0.25) is 0 Å². The molecule has 0 aliphatic heterocycles. The summed E-state index contributed by atoms with van der Waals surface area (Å²) < 4.78 is 2.72. The molecule has 0 saturated carbocycles. The van der Waals surface area contributed by atoms with Gasteiger partial charge in [0.25, 0.3) is 0 Å². The maximum Gasteiger partial charge on any atom is 0.152 e. The van der Waals surface area contributed by atoms with Crippen molar-refractivity contribution in [3.63, 3.8) is 0 Å². The predicted molar refractivity (Wildman–Crippen MR) is 47.9 cm³/mol. The molecule has 56 valence electrons. The van der Waals surface area contributed by atoms with Crippen LogP contribution in [0.3, 0.4) is 0 Å². The zero-order chi connectivity index (χ0) is 7.84. The Bertz CT molecular complexity index is 396. The van der Waals surface area contributed by atoms with Crippen LogP contribution in [0.4, 0.5) is 0 Å². The first-order valence-electron chi connectivity index (χ1n) is 3.06. The van der Waals surface area contributed by atoms with Gasteiger partial charge in [0.15, 0.2) is 5.15 Å². The third kappa shape index (κ3) is 1.26. The van der Waals surface area contributed by atoms with Crippen molar-refractivity contribution in [2.75, 3.05) is 0 Å². The molecule has 0 aromatic carbocycles. The van der Waals surface area contributed by atoms with Crippen LogP contribution in [0.5, 0.6) is 0 Å². The average molecular weight is 231 g/mol. The zero-order valence-corrected chi connectivity index (χ0v) is 7.80. The Labute approximate surface area is 76.9 Å². The van der Waals surface area contributed by atoms with E-state index in [0.29, 0.717) is 5.15 Å². The molecule has 0 N–H and O–H groups in total. The molecule has 2 rings (SSSR count). The van der Waals surface area contributed by atoms with Crippen LogP contribution in [0.1, 0.15) is 0 Å². The normalized spacial score (nSPS) is 10.7.